The smallest absolute Gasteiger partial charge is 0.320 e. The van der Waals surface area contributed by atoms with Crippen molar-refractivity contribution in [2.24, 2.45) is 0 Å². The van der Waals surface area contributed by atoms with E-state index in [2.05, 4.69) is 32.6 Å². The van der Waals surface area contributed by atoms with E-state index in [0.29, 0.717) is 22.8 Å². The van der Waals surface area contributed by atoms with Crippen molar-refractivity contribution in [3.8, 4) is 17.6 Å². The number of benzene rings is 2. The van der Waals surface area contributed by atoms with Crippen LogP contribution in [-0.4, -0.2) is 46.2 Å². The molecule has 1 aliphatic rings. The van der Waals surface area contributed by atoms with E-state index < -0.39 is 17.9 Å². The van der Waals surface area contributed by atoms with Gasteiger partial charge in [-0.2, -0.15) is 5.10 Å². The van der Waals surface area contributed by atoms with E-state index in [4.69, 9.17) is 4.74 Å². The number of nitrogens with one attached hydrogen (secondary N) is 2. The number of rotatable bonds is 2. The van der Waals surface area contributed by atoms with Crippen molar-refractivity contribution in [3.63, 3.8) is 0 Å². The van der Waals surface area contributed by atoms with E-state index in [9.17, 15) is 9.59 Å². The van der Waals surface area contributed by atoms with Crippen LogP contribution >= 0.6 is 0 Å². The first-order valence-electron chi connectivity index (χ1n) is 10.7. The Morgan fingerprint density at radius 3 is 2.89 bits per heavy atom. The predicted octanol–water partition coefficient (Wildman–Crippen LogP) is 2.81. The fraction of sp³-hybridized carbons (Fsp3) is 0.120. The van der Waals surface area contributed by atoms with E-state index in [1.54, 1.807) is 66.4 Å². The summed E-state index contributed by atoms with van der Waals surface area (Å²) in [6.07, 6.45) is 3.15. The van der Waals surface area contributed by atoms with E-state index in [-0.39, 0.29) is 23.8 Å². The molecule has 174 valence electrons. The molecule has 5 rings (SSSR count). The van der Waals surface area contributed by atoms with Crippen molar-refractivity contribution in [1.82, 2.24) is 19.9 Å². The predicted molar refractivity (Wildman–Crippen MR) is 127 cm³/mol. The first-order chi connectivity index (χ1) is 17.0. The fourth-order valence-electron chi connectivity index (χ4n) is 3.64. The Balaban J connectivity index is 1.30. The van der Waals surface area contributed by atoms with Gasteiger partial charge in [-0.25, -0.2) is 18.7 Å². The maximum Gasteiger partial charge on any atom is 0.320 e. The number of amides is 3. The highest BCUT2D eigenvalue weighted by atomic mass is 19.1. The van der Waals surface area contributed by atoms with Crippen molar-refractivity contribution in [2.75, 3.05) is 23.9 Å². The van der Waals surface area contributed by atoms with E-state index in [0.717, 1.165) is 0 Å². The van der Waals surface area contributed by atoms with Crippen molar-refractivity contribution < 1.29 is 18.7 Å². The number of nitrogens with zero attached hydrogens (tertiary/aromatic N) is 4. The Morgan fingerprint density at radius 1 is 1.14 bits per heavy atom. The van der Waals surface area contributed by atoms with Crippen LogP contribution in [0.4, 0.5) is 20.6 Å². The first kappa shape index (κ1) is 21.9. The summed E-state index contributed by atoms with van der Waals surface area (Å²) in [5.74, 6) is 5.08. The lowest BCUT2D eigenvalue weighted by Gasteiger charge is -2.20. The van der Waals surface area contributed by atoms with Gasteiger partial charge in [0.1, 0.15) is 24.1 Å². The van der Waals surface area contributed by atoms with Gasteiger partial charge in [0.25, 0.3) is 5.91 Å². The summed E-state index contributed by atoms with van der Waals surface area (Å²) in [4.78, 5) is 31.0. The molecule has 1 aliphatic heterocycles. The number of aromatic nitrogens is 3. The normalized spacial score (nSPS) is 14.9. The molecule has 0 saturated carbocycles. The molecule has 4 aromatic rings. The number of hydrogen-bond acceptors (Lipinski definition) is 5. The number of carbonyl (C=O) groups excluding carboxylic acids is 2. The summed E-state index contributed by atoms with van der Waals surface area (Å²) in [5.41, 5.74) is 1.71. The number of anilines is 2. The van der Waals surface area contributed by atoms with Crippen LogP contribution in [0.1, 0.15) is 11.3 Å². The molecule has 10 heteroatoms. The van der Waals surface area contributed by atoms with Gasteiger partial charge in [0.05, 0.1) is 23.1 Å². The minimum absolute atomic E-state index is 0.0606. The average Bonchev–Trinajstić information content (AvgIpc) is 3.24. The zero-order chi connectivity index (χ0) is 24.4. The highest BCUT2D eigenvalue weighted by Gasteiger charge is 2.30. The fourth-order valence-corrected chi connectivity index (χ4v) is 3.64. The number of urea groups is 1. The molecule has 0 spiro atoms. The number of fused-ring (bicyclic) bond motifs is 2. The third-order valence-electron chi connectivity index (χ3n) is 5.42. The largest absolute Gasteiger partial charge is 0.489 e. The number of hydrogen-bond donors (Lipinski definition) is 2. The Hall–Kier alpha value is -4.91. The van der Waals surface area contributed by atoms with Crippen LogP contribution in [0.5, 0.6) is 5.75 Å². The molecule has 2 N–H and O–H groups in total. The summed E-state index contributed by atoms with van der Waals surface area (Å²) >= 11 is 0. The Labute approximate surface area is 199 Å². The van der Waals surface area contributed by atoms with Crippen LogP contribution in [0.15, 0.2) is 67.0 Å². The van der Waals surface area contributed by atoms with Crippen LogP contribution in [0.3, 0.4) is 0 Å². The standard InChI is InChI=1S/C25H19FN6O3/c1-31-20-8-2-3-9-21(20)35-15-19(24(31)33)30-25(34)29-18-7-4-6-16(23(18)26)11-12-17-14-27-22-10-5-13-28-32(17)22/h2-10,13-14,19H,15H2,1H3,(H2,29,30,34)/t19-/m1/s1. The van der Waals surface area contributed by atoms with Crippen LogP contribution in [0.2, 0.25) is 0 Å². The van der Waals surface area contributed by atoms with Crippen LogP contribution < -0.4 is 20.3 Å². The van der Waals surface area contributed by atoms with E-state index in [1.807, 2.05) is 0 Å². The summed E-state index contributed by atoms with van der Waals surface area (Å²) in [7, 11) is 1.60. The lowest BCUT2D eigenvalue weighted by Crippen LogP contribution is -2.50. The van der Waals surface area contributed by atoms with Gasteiger partial charge >= 0.3 is 6.03 Å². The molecule has 35 heavy (non-hydrogen) atoms. The summed E-state index contributed by atoms with van der Waals surface area (Å²) in [6, 6.07) is 13.4. The number of likely N-dealkylation sites (N-methyl/N-ethyl adjacent to an activating group) is 1. The third-order valence-corrected chi connectivity index (χ3v) is 5.42. The number of para-hydroxylation sites is 2. The van der Waals surface area contributed by atoms with Gasteiger partial charge in [0.2, 0.25) is 0 Å². The number of ether oxygens (including phenoxy) is 1. The zero-order valence-corrected chi connectivity index (χ0v) is 18.5. The van der Waals surface area contributed by atoms with Crippen LogP contribution in [0, 0.1) is 17.7 Å². The first-order valence-corrected chi connectivity index (χ1v) is 10.7. The van der Waals surface area contributed by atoms with Crippen molar-refractivity contribution >= 4 is 29.0 Å². The highest BCUT2D eigenvalue weighted by molar-refractivity contribution is 6.02. The molecule has 3 heterocycles. The van der Waals surface area contributed by atoms with Crippen LogP contribution in [-0.2, 0) is 4.79 Å². The lowest BCUT2D eigenvalue weighted by molar-refractivity contribution is -0.120. The molecular weight excluding hydrogens is 451 g/mol. The minimum atomic E-state index is -0.957. The maximum atomic E-state index is 15.1. The number of halogens is 1. The second-order valence-electron chi connectivity index (χ2n) is 7.68. The summed E-state index contributed by atoms with van der Waals surface area (Å²) in [6.45, 7) is -0.0606. The summed E-state index contributed by atoms with van der Waals surface area (Å²) in [5, 5.41) is 9.17. The molecule has 0 radical (unpaired) electrons. The van der Waals surface area contributed by atoms with Crippen molar-refractivity contribution in [3.05, 3.63) is 84.1 Å². The topological polar surface area (TPSA) is 101 Å². The molecule has 0 saturated heterocycles. The van der Waals surface area contributed by atoms with Gasteiger partial charge in [0, 0.05) is 13.2 Å². The van der Waals surface area contributed by atoms with Crippen LogP contribution in [0.25, 0.3) is 5.65 Å². The second kappa shape index (κ2) is 9.15. The Kier molecular flexibility index (Phi) is 5.73. The van der Waals surface area contributed by atoms with Crippen molar-refractivity contribution in [1.29, 1.82) is 0 Å². The van der Waals surface area contributed by atoms with Gasteiger partial charge < -0.3 is 20.3 Å². The molecule has 2 aromatic carbocycles. The van der Waals surface area contributed by atoms with Gasteiger partial charge in [0.15, 0.2) is 11.5 Å². The quantitative estimate of drug-likeness (QED) is 0.439. The summed E-state index contributed by atoms with van der Waals surface area (Å²) < 4.78 is 22.3. The SMILES string of the molecule is CN1C(=O)[C@H](NC(=O)Nc2cccc(C#Cc3cnc4cccnn34)c2F)COc2ccccc21. The molecule has 0 aliphatic carbocycles. The maximum absolute atomic E-state index is 15.1. The molecular formula is C25H19FN6O3. The molecule has 3 amide bonds. The monoisotopic (exact) mass is 470 g/mol. The minimum Gasteiger partial charge on any atom is -0.489 e. The molecule has 0 bridgehead atoms. The molecule has 1 atom stereocenters. The van der Waals surface area contributed by atoms with Gasteiger partial charge in [-0.1, -0.05) is 24.1 Å². The molecule has 9 nitrogen and oxygen atoms in total. The third kappa shape index (κ3) is 4.35. The Morgan fingerprint density at radius 2 is 2.00 bits per heavy atom. The molecule has 0 fully saturated rings. The zero-order valence-electron chi connectivity index (χ0n) is 18.5. The number of imidazole rings is 1. The van der Waals surface area contributed by atoms with Gasteiger partial charge in [-0.3, -0.25) is 4.79 Å². The lowest BCUT2D eigenvalue weighted by atomic mass is 10.2. The van der Waals surface area contributed by atoms with E-state index >= 15 is 4.39 Å². The Bertz CT molecular complexity index is 1510. The second-order valence-corrected chi connectivity index (χ2v) is 7.68. The van der Waals surface area contributed by atoms with Gasteiger partial charge in [-0.15, -0.1) is 0 Å². The highest BCUT2D eigenvalue weighted by Crippen LogP contribution is 2.29. The van der Waals surface area contributed by atoms with Gasteiger partial charge in [-0.05, 0) is 42.3 Å². The number of carbonyl (C=O) groups is 2. The van der Waals surface area contributed by atoms with E-state index in [1.165, 1.54) is 17.0 Å². The molecule has 2 aromatic heterocycles. The average molecular weight is 470 g/mol. The van der Waals surface area contributed by atoms with Crippen molar-refractivity contribution in [2.45, 2.75) is 6.04 Å². The molecule has 0 unspecified atom stereocenters.